The normalized spacial score (nSPS) is 16.7. The van der Waals surface area contributed by atoms with E-state index >= 15 is 0 Å². The molecule has 0 saturated carbocycles. The van der Waals surface area contributed by atoms with Gasteiger partial charge in [-0.3, -0.25) is 0 Å². The first kappa shape index (κ1) is 33.2. The lowest BCUT2D eigenvalue weighted by Crippen LogP contribution is -2.41. The lowest BCUT2D eigenvalue weighted by Gasteiger charge is -2.39. The number of benzene rings is 3. The maximum Gasteiger partial charge on any atom is 0.119 e. The molecule has 1 aliphatic carbocycles. The molecule has 0 amide bonds. The minimum absolute atomic E-state index is 0.0635. The van der Waals surface area contributed by atoms with E-state index in [0.29, 0.717) is 14.1 Å². The van der Waals surface area contributed by atoms with Gasteiger partial charge < -0.3 is 35.2 Å². The summed E-state index contributed by atoms with van der Waals surface area (Å²) in [5.41, 5.74) is 19.6. The van der Waals surface area contributed by atoms with E-state index in [9.17, 15) is 0 Å². The highest BCUT2D eigenvalue weighted by atomic mass is 31.1. The van der Waals surface area contributed by atoms with Crippen molar-refractivity contribution in [3.63, 3.8) is 0 Å². The van der Waals surface area contributed by atoms with E-state index in [0.717, 1.165) is 106 Å². The summed E-state index contributed by atoms with van der Waals surface area (Å²) in [6.45, 7) is 0. The van der Waals surface area contributed by atoms with Gasteiger partial charge in [-0.15, -0.1) is 0 Å². The number of anilines is 1. The molecule has 3 unspecified atom stereocenters. The topological polar surface area (TPSA) is 158 Å². The van der Waals surface area contributed by atoms with Gasteiger partial charge in [-0.1, -0.05) is 20.7 Å². The van der Waals surface area contributed by atoms with Crippen LogP contribution in [0, 0.1) is 0 Å². The molecule has 11 nitrogen and oxygen atoms in total. The first-order valence-corrected chi connectivity index (χ1v) is 21.1. The molecule has 13 rings (SSSR count). The summed E-state index contributed by atoms with van der Waals surface area (Å²) in [5.74, 6) is 0. The van der Waals surface area contributed by atoms with Gasteiger partial charge in [-0.2, -0.15) is 0 Å². The number of fused-ring (bicyclic) bond motifs is 9. The van der Waals surface area contributed by atoms with Crippen molar-refractivity contribution in [2.24, 2.45) is 0 Å². The minimum atomic E-state index is -0.0635. The largest absolute Gasteiger partial charge is 0.375 e. The van der Waals surface area contributed by atoms with Crippen LogP contribution in [-0.4, -0.2) is 61.5 Å². The van der Waals surface area contributed by atoms with Crippen molar-refractivity contribution in [2.75, 3.05) is 5.32 Å². The van der Waals surface area contributed by atoms with E-state index in [1.165, 1.54) is 11.1 Å². The summed E-state index contributed by atoms with van der Waals surface area (Å²) in [7, 11) is 0.324. The number of allylic oxidation sites excluding steroid dienone is 2. The van der Waals surface area contributed by atoms with Gasteiger partial charge in [0.15, 0.2) is 0 Å². The molecular formula is C48H34N11P. The van der Waals surface area contributed by atoms with E-state index in [-0.39, 0.29) is 11.7 Å². The zero-order valence-electron chi connectivity index (χ0n) is 31.8. The number of nitrogens with one attached hydrogen (secondary N) is 7. The third-order valence-electron chi connectivity index (χ3n) is 12.0. The Balaban J connectivity index is 1.18. The maximum absolute atomic E-state index is 5.72. The van der Waals surface area contributed by atoms with E-state index in [4.69, 9.17) is 19.9 Å². The summed E-state index contributed by atoms with van der Waals surface area (Å²) in [6, 6.07) is 33.3. The van der Waals surface area contributed by atoms with Crippen LogP contribution >= 0.6 is 8.58 Å². The zero-order valence-corrected chi connectivity index (χ0v) is 32.8. The number of hydrogen-bond donors (Lipinski definition) is 7. The number of H-pyrrole nitrogens is 6. The van der Waals surface area contributed by atoms with E-state index in [1.54, 1.807) is 0 Å². The molecule has 60 heavy (non-hydrogen) atoms. The molecule has 0 spiro atoms. The monoisotopic (exact) mass is 795 g/mol. The smallest absolute Gasteiger partial charge is 0.119 e. The van der Waals surface area contributed by atoms with Gasteiger partial charge in [0.05, 0.1) is 33.8 Å². The number of nitrogens with zero attached hydrogens (tertiary/aromatic N) is 4. The number of rotatable bonds is 6. The molecule has 11 aromatic rings. The Morgan fingerprint density at radius 1 is 0.367 bits per heavy atom. The standard InChI is InChI=1S/C48H34N11P/c1-7-31(49-19-1)25-13-14-26(32-8-2-20-50-32)38-37(25)55-42-43-45(58-40-28(34-10-4-22-52-34)16-15-27(39(40)57-43)33-9-3-21-51-33)48-46(44(42)56-38)59-41-29(35-11-5-23-53-35)17-18-30(47(41)60-48)36-12-6-24-54-36/h1-24,41,47,49-54,59-60H. The molecule has 8 aromatic heterocycles. The van der Waals surface area contributed by atoms with Crippen molar-refractivity contribution in [1.82, 2.24) is 49.8 Å². The van der Waals surface area contributed by atoms with Gasteiger partial charge in [0.2, 0.25) is 0 Å². The SMILES string of the molecule is C1=C(c2ccc[nH]2)C2Nc3c(c4nc5c(-c6ccc[nH]6)ccc(-c6ccc[nH]6)c5nc4c4nc5c(-c6ccc[nH]6)ccc(-c6ccc[nH]6)c5nc34)PC2C(c2ccc[nH]2)=C1. The number of hydrogen-bond acceptors (Lipinski definition) is 5. The molecule has 0 radical (unpaired) electrons. The van der Waals surface area contributed by atoms with E-state index in [2.05, 4.69) is 120 Å². The second-order valence-electron chi connectivity index (χ2n) is 15.3. The predicted molar refractivity (Wildman–Crippen MR) is 243 cm³/mol. The van der Waals surface area contributed by atoms with Crippen molar-refractivity contribution in [1.29, 1.82) is 0 Å². The number of aromatic amines is 6. The van der Waals surface area contributed by atoms with Gasteiger partial charge in [0.1, 0.15) is 22.1 Å². The molecule has 2 aliphatic rings. The highest BCUT2D eigenvalue weighted by molar-refractivity contribution is 7.50. The molecular weight excluding hydrogens is 762 g/mol. The maximum atomic E-state index is 5.72. The summed E-state index contributed by atoms with van der Waals surface area (Å²) in [6.07, 6.45) is 16.3. The molecule has 0 bridgehead atoms. The Bertz CT molecular complexity index is 3240. The summed E-state index contributed by atoms with van der Waals surface area (Å²) in [5, 5.41) is 5.21. The summed E-state index contributed by atoms with van der Waals surface area (Å²) >= 11 is 0. The second-order valence-corrected chi connectivity index (χ2v) is 16.7. The van der Waals surface area contributed by atoms with Crippen LogP contribution in [0.25, 0.3) is 100 Å². The summed E-state index contributed by atoms with van der Waals surface area (Å²) in [4.78, 5) is 43.5. The number of aromatic nitrogens is 10. The van der Waals surface area contributed by atoms with Crippen LogP contribution in [0.1, 0.15) is 11.4 Å². The van der Waals surface area contributed by atoms with Crippen molar-refractivity contribution in [2.45, 2.75) is 11.7 Å². The molecule has 3 atom stereocenters. The molecule has 9 heterocycles. The van der Waals surface area contributed by atoms with Crippen molar-refractivity contribution >= 4 is 74.9 Å². The molecule has 286 valence electrons. The van der Waals surface area contributed by atoms with Crippen LogP contribution in [0.2, 0.25) is 0 Å². The van der Waals surface area contributed by atoms with Crippen LogP contribution in [0.5, 0.6) is 0 Å². The summed E-state index contributed by atoms with van der Waals surface area (Å²) < 4.78 is 0. The van der Waals surface area contributed by atoms with Gasteiger partial charge in [-0.05, 0) is 108 Å². The third kappa shape index (κ3) is 4.93. The average molecular weight is 796 g/mol. The Morgan fingerprint density at radius 3 is 1.17 bits per heavy atom. The van der Waals surface area contributed by atoms with Crippen LogP contribution in [-0.2, 0) is 0 Å². The minimum Gasteiger partial charge on any atom is -0.375 e. The Kier molecular flexibility index (Phi) is 7.13. The third-order valence-corrected chi connectivity index (χ3v) is 13.7. The molecule has 3 aromatic carbocycles. The molecule has 7 N–H and O–H groups in total. The predicted octanol–water partition coefficient (Wildman–Crippen LogP) is 10.2. The molecule has 0 saturated heterocycles. The average Bonchev–Trinajstić information content (AvgIpc) is 4.13. The fourth-order valence-corrected chi connectivity index (χ4v) is 11.0. The van der Waals surface area contributed by atoms with Gasteiger partial charge in [0, 0.05) is 105 Å². The zero-order chi connectivity index (χ0) is 39.3. The van der Waals surface area contributed by atoms with Gasteiger partial charge >= 0.3 is 0 Å². The molecule has 0 fully saturated rings. The Morgan fingerprint density at radius 2 is 0.733 bits per heavy atom. The van der Waals surface area contributed by atoms with Gasteiger partial charge in [0.25, 0.3) is 0 Å². The molecule has 12 heteroatoms. The highest BCUT2D eigenvalue weighted by Crippen LogP contribution is 2.50. The lowest BCUT2D eigenvalue weighted by molar-refractivity contribution is 0.915. The quantitative estimate of drug-likeness (QED) is 0.0506. The highest BCUT2D eigenvalue weighted by Gasteiger charge is 2.39. The van der Waals surface area contributed by atoms with E-state index < -0.39 is 0 Å². The van der Waals surface area contributed by atoms with Crippen molar-refractivity contribution in [3.05, 3.63) is 158 Å². The molecule has 1 aliphatic heterocycles. The Labute approximate surface area is 343 Å². The van der Waals surface area contributed by atoms with Crippen LogP contribution in [0.3, 0.4) is 0 Å². The van der Waals surface area contributed by atoms with Gasteiger partial charge in [-0.25, -0.2) is 19.9 Å². The fourth-order valence-electron chi connectivity index (χ4n) is 9.24. The first-order valence-electron chi connectivity index (χ1n) is 20.0. The first-order chi connectivity index (χ1) is 29.7. The van der Waals surface area contributed by atoms with Crippen LogP contribution < -0.4 is 10.6 Å². The van der Waals surface area contributed by atoms with Crippen LogP contribution in [0.4, 0.5) is 5.69 Å². The lowest BCUT2D eigenvalue weighted by atomic mass is 9.88. The van der Waals surface area contributed by atoms with E-state index in [1.807, 2.05) is 61.4 Å². The Hall–Kier alpha value is -7.75. The van der Waals surface area contributed by atoms with Crippen molar-refractivity contribution < 1.29 is 0 Å². The fraction of sp³-hybridized carbons (Fsp3) is 0.0417. The van der Waals surface area contributed by atoms with Crippen LogP contribution in [0.15, 0.2) is 146 Å². The second kappa shape index (κ2) is 12.9. The van der Waals surface area contributed by atoms with Crippen molar-refractivity contribution in [3.8, 4) is 45.0 Å².